The summed E-state index contributed by atoms with van der Waals surface area (Å²) in [6, 6.07) is 16.6. The lowest BCUT2D eigenvalue weighted by atomic mass is 9.81. The summed E-state index contributed by atoms with van der Waals surface area (Å²) in [7, 11) is 0. The maximum Gasteiger partial charge on any atom is 0.325 e. The van der Waals surface area contributed by atoms with E-state index in [1.54, 1.807) is 18.2 Å². The Hall–Kier alpha value is -2.22. The number of urea groups is 1. The summed E-state index contributed by atoms with van der Waals surface area (Å²) in [4.78, 5) is 17.6. The number of hydrogen-bond acceptors (Lipinski definition) is 2. The molecule has 3 rings (SSSR count). The van der Waals surface area contributed by atoms with Crippen LogP contribution in [-0.4, -0.2) is 27.9 Å². The first-order valence-corrected chi connectivity index (χ1v) is 11.1. The number of nitrogens with zero attached hydrogens (tertiary/aromatic N) is 3. The lowest BCUT2D eigenvalue weighted by Gasteiger charge is -2.42. The maximum absolute atomic E-state index is 13.9. The summed E-state index contributed by atoms with van der Waals surface area (Å²) in [6.45, 7) is 8.17. The van der Waals surface area contributed by atoms with Gasteiger partial charge >= 0.3 is 6.03 Å². The van der Waals surface area contributed by atoms with Crippen LogP contribution in [0, 0.1) is 11.3 Å². The van der Waals surface area contributed by atoms with Crippen LogP contribution in [0.15, 0.2) is 48.5 Å². The van der Waals surface area contributed by atoms with Gasteiger partial charge in [-0.2, -0.15) is 5.26 Å². The number of halogens is 2. The minimum absolute atomic E-state index is 0.0827. The summed E-state index contributed by atoms with van der Waals surface area (Å²) in [6.07, 6.45) is 1.71. The Balaban J connectivity index is 2.25. The Labute approximate surface area is 189 Å². The molecule has 1 saturated heterocycles. The van der Waals surface area contributed by atoms with E-state index < -0.39 is 5.54 Å². The van der Waals surface area contributed by atoms with Crippen molar-refractivity contribution in [2.45, 2.75) is 63.5 Å². The zero-order valence-electron chi connectivity index (χ0n) is 17.8. The summed E-state index contributed by atoms with van der Waals surface area (Å²) in [5.41, 5.74) is 1.79. The van der Waals surface area contributed by atoms with E-state index in [1.807, 2.05) is 54.0 Å². The van der Waals surface area contributed by atoms with Gasteiger partial charge < -0.3 is 4.90 Å². The molecule has 0 radical (unpaired) electrons. The maximum atomic E-state index is 13.9. The molecule has 1 heterocycles. The molecule has 0 aromatic heterocycles. The monoisotopic (exact) mass is 443 g/mol. The van der Waals surface area contributed by atoms with Crippen molar-refractivity contribution in [2.24, 2.45) is 0 Å². The number of alkyl halides is 1. The predicted molar refractivity (Wildman–Crippen MR) is 123 cm³/mol. The smallest absolute Gasteiger partial charge is 0.312 e. The SMILES string of the molecule is CCC[C@]1(C)[C@@H](c2cccc(C#N)c2)N(c2ccc(Cl)cc2)C(=O)N1C(C)[C@@H](C)Cl. The van der Waals surface area contributed by atoms with Crippen molar-refractivity contribution < 1.29 is 4.79 Å². The van der Waals surface area contributed by atoms with Gasteiger partial charge in [0.15, 0.2) is 0 Å². The highest BCUT2D eigenvalue weighted by Crippen LogP contribution is 2.49. The number of nitriles is 1. The van der Waals surface area contributed by atoms with Crippen molar-refractivity contribution in [2.75, 3.05) is 4.90 Å². The van der Waals surface area contributed by atoms with E-state index in [4.69, 9.17) is 23.2 Å². The number of anilines is 1. The third-order valence-electron chi connectivity index (χ3n) is 6.07. The predicted octanol–water partition coefficient (Wildman–Crippen LogP) is 6.77. The van der Waals surface area contributed by atoms with E-state index in [9.17, 15) is 10.1 Å². The molecule has 4 nitrogen and oxygen atoms in total. The highest BCUT2D eigenvalue weighted by Gasteiger charge is 2.56. The van der Waals surface area contributed by atoms with Crippen molar-refractivity contribution in [3.05, 3.63) is 64.7 Å². The number of hydrogen-bond donors (Lipinski definition) is 0. The van der Waals surface area contributed by atoms with Crippen LogP contribution in [0.2, 0.25) is 5.02 Å². The molecule has 1 aliphatic heterocycles. The standard InChI is InChI=1S/C24H27Cl2N3O/c1-5-13-24(4)22(19-8-6-7-18(14-19)15-27)28(21-11-9-20(26)10-12-21)23(30)29(24)17(3)16(2)25/h6-12,14,16-17,22H,5,13H2,1-4H3/t16-,17?,22-,24-/m1/s1. The van der Waals surface area contributed by atoms with Gasteiger partial charge in [-0.3, -0.25) is 4.90 Å². The van der Waals surface area contributed by atoms with Crippen LogP contribution in [0.1, 0.15) is 57.7 Å². The normalized spacial score (nSPS) is 23.4. The van der Waals surface area contributed by atoms with Gasteiger partial charge in [-0.05, 0) is 69.2 Å². The van der Waals surface area contributed by atoms with Crippen LogP contribution in [0.25, 0.3) is 0 Å². The molecule has 0 spiro atoms. The van der Waals surface area contributed by atoms with Crippen molar-refractivity contribution in [3.8, 4) is 6.07 Å². The Morgan fingerprint density at radius 1 is 1.20 bits per heavy atom. The van der Waals surface area contributed by atoms with Crippen molar-refractivity contribution >= 4 is 34.9 Å². The third-order valence-corrected chi connectivity index (χ3v) is 6.69. The molecule has 1 fully saturated rings. The summed E-state index contributed by atoms with van der Waals surface area (Å²) >= 11 is 12.6. The van der Waals surface area contributed by atoms with E-state index in [-0.39, 0.29) is 23.5 Å². The summed E-state index contributed by atoms with van der Waals surface area (Å²) < 4.78 is 0. The van der Waals surface area contributed by atoms with Crippen LogP contribution in [0.3, 0.4) is 0 Å². The largest absolute Gasteiger partial charge is 0.325 e. The second kappa shape index (κ2) is 8.88. The van der Waals surface area contributed by atoms with Crippen molar-refractivity contribution in [3.63, 3.8) is 0 Å². The first-order chi connectivity index (χ1) is 14.2. The fourth-order valence-electron chi connectivity index (χ4n) is 4.61. The molecule has 0 bridgehead atoms. The van der Waals surface area contributed by atoms with Gasteiger partial charge in [-0.1, -0.05) is 37.1 Å². The average Bonchev–Trinajstić information content (AvgIpc) is 2.95. The van der Waals surface area contributed by atoms with Crippen LogP contribution >= 0.6 is 23.2 Å². The molecule has 2 amide bonds. The Bertz CT molecular complexity index is 954. The zero-order valence-corrected chi connectivity index (χ0v) is 19.3. The van der Waals surface area contributed by atoms with E-state index >= 15 is 0 Å². The lowest BCUT2D eigenvalue weighted by molar-refractivity contribution is 0.108. The van der Waals surface area contributed by atoms with E-state index in [2.05, 4.69) is 19.9 Å². The fourth-order valence-corrected chi connectivity index (χ4v) is 4.85. The van der Waals surface area contributed by atoms with E-state index in [0.29, 0.717) is 10.6 Å². The zero-order chi connectivity index (χ0) is 22.1. The van der Waals surface area contributed by atoms with Crippen LogP contribution in [-0.2, 0) is 0 Å². The second-order valence-electron chi connectivity index (χ2n) is 8.16. The molecule has 1 aliphatic rings. The Morgan fingerprint density at radius 2 is 1.87 bits per heavy atom. The summed E-state index contributed by atoms with van der Waals surface area (Å²) in [5, 5.41) is 9.85. The highest BCUT2D eigenvalue weighted by atomic mass is 35.5. The second-order valence-corrected chi connectivity index (χ2v) is 9.29. The van der Waals surface area contributed by atoms with Gasteiger partial charge in [0, 0.05) is 16.8 Å². The van der Waals surface area contributed by atoms with Gasteiger partial charge in [-0.25, -0.2) is 4.79 Å². The molecule has 1 unspecified atom stereocenters. The minimum atomic E-state index is -0.498. The van der Waals surface area contributed by atoms with Crippen LogP contribution in [0.4, 0.5) is 10.5 Å². The number of carbonyl (C=O) groups excluding carboxylic acids is 1. The molecule has 30 heavy (non-hydrogen) atoms. The Morgan fingerprint density at radius 3 is 2.43 bits per heavy atom. The lowest BCUT2D eigenvalue weighted by Crippen LogP contribution is -2.52. The fraction of sp³-hybridized carbons (Fsp3) is 0.417. The quantitative estimate of drug-likeness (QED) is 0.462. The van der Waals surface area contributed by atoms with Crippen LogP contribution in [0.5, 0.6) is 0 Å². The van der Waals surface area contributed by atoms with Gasteiger partial charge in [0.05, 0.1) is 28.6 Å². The van der Waals surface area contributed by atoms with Crippen molar-refractivity contribution in [1.29, 1.82) is 5.26 Å². The first-order valence-electron chi connectivity index (χ1n) is 10.3. The molecule has 0 aliphatic carbocycles. The third kappa shape index (κ3) is 3.89. The molecule has 158 valence electrons. The van der Waals surface area contributed by atoms with Crippen LogP contribution < -0.4 is 4.90 Å². The highest BCUT2D eigenvalue weighted by molar-refractivity contribution is 6.30. The molecule has 0 N–H and O–H groups in total. The molecular formula is C24H27Cl2N3O. The van der Waals surface area contributed by atoms with Gasteiger partial charge in [0.2, 0.25) is 0 Å². The molecule has 4 atom stereocenters. The molecule has 2 aromatic rings. The van der Waals surface area contributed by atoms with Crippen molar-refractivity contribution in [1.82, 2.24) is 4.90 Å². The van der Waals surface area contributed by atoms with E-state index in [1.165, 1.54) is 0 Å². The number of rotatable bonds is 6. The number of amides is 2. The molecular weight excluding hydrogens is 417 g/mol. The summed E-state index contributed by atoms with van der Waals surface area (Å²) in [5.74, 6) is 0. The minimum Gasteiger partial charge on any atom is -0.312 e. The van der Waals surface area contributed by atoms with Gasteiger partial charge in [0.1, 0.15) is 0 Å². The Kier molecular flexibility index (Phi) is 6.65. The number of benzene rings is 2. The molecule has 0 saturated carbocycles. The average molecular weight is 444 g/mol. The molecule has 6 heteroatoms. The molecule has 2 aromatic carbocycles. The van der Waals surface area contributed by atoms with Gasteiger partial charge in [0.25, 0.3) is 0 Å². The van der Waals surface area contributed by atoms with E-state index in [0.717, 1.165) is 24.1 Å². The topological polar surface area (TPSA) is 47.3 Å². The first kappa shape index (κ1) is 22.5. The van der Waals surface area contributed by atoms with Gasteiger partial charge in [-0.15, -0.1) is 11.6 Å². The number of carbonyl (C=O) groups is 1.